The Hall–Kier alpha value is -1.10. The van der Waals surface area contributed by atoms with Crippen LogP contribution in [0.5, 0.6) is 0 Å². The van der Waals surface area contributed by atoms with Crippen molar-refractivity contribution in [1.82, 2.24) is 5.32 Å². The van der Waals surface area contributed by atoms with Gasteiger partial charge < -0.3 is 19.6 Å². The van der Waals surface area contributed by atoms with Crippen molar-refractivity contribution in [1.29, 1.82) is 0 Å². The molecule has 1 aromatic rings. The van der Waals surface area contributed by atoms with Gasteiger partial charge in [0.05, 0.1) is 31.6 Å². The second kappa shape index (κ2) is 8.37. The van der Waals surface area contributed by atoms with Crippen LogP contribution in [0.2, 0.25) is 0 Å². The molecule has 0 saturated carbocycles. The zero-order valence-electron chi connectivity index (χ0n) is 13.0. The highest BCUT2D eigenvalue weighted by Gasteiger charge is 2.19. The Morgan fingerprint density at radius 3 is 2.95 bits per heavy atom. The summed E-state index contributed by atoms with van der Waals surface area (Å²) < 4.78 is 11.0. The van der Waals surface area contributed by atoms with E-state index in [1.165, 1.54) is 0 Å². The molecular formula is C17H27NO3. The topological polar surface area (TPSA) is 54.6 Å². The molecule has 21 heavy (non-hydrogen) atoms. The standard InChI is InChI=1S/C17H27NO3/c1-13-6-3-4-7-15(13)11-20-12-16(19)10-18-14(2)17-8-5-9-21-17/h3-5,8-9,13-16,18-19H,6-7,10-12H2,1-2H3/t13?,14-,15?,16?/m0/s1. The highest BCUT2D eigenvalue weighted by molar-refractivity contribution is 5.02. The van der Waals surface area contributed by atoms with Crippen molar-refractivity contribution in [2.75, 3.05) is 19.8 Å². The van der Waals surface area contributed by atoms with Gasteiger partial charge in [0.1, 0.15) is 5.76 Å². The molecule has 0 spiro atoms. The molecule has 0 amide bonds. The molecule has 0 saturated heterocycles. The van der Waals surface area contributed by atoms with Gasteiger partial charge in [-0.3, -0.25) is 0 Å². The lowest BCUT2D eigenvalue weighted by Gasteiger charge is -2.25. The van der Waals surface area contributed by atoms with Gasteiger partial charge in [-0.2, -0.15) is 0 Å². The number of aliphatic hydroxyl groups is 1. The Morgan fingerprint density at radius 1 is 1.43 bits per heavy atom. The molecule has 0 aliphatic heterocycles. The summed E-state index contributed by atoms with van der Waals surface area (Å²) in [5.41, 5.74) is 0. The average Bonchev–Trinajstić information content (AvgIpc) is 3.01. The second-order valence-electron chi connectivity index (χ2n) is 6.02. The number of allylic oxidation sites excluding steroid dienone is 2. The first-order valence-electron chi connectivity index (χ1n) is 7.84. The van der Waals surface area contributed by atoms with Gasteiger partial charge >= 0.3 is 0 Å². The SMILES string of the molecule is CC1CC=CCC1COCC(O)CN[C@@H](C)c1ccco1. The van der Waals surface area contributed by atoms with Gasteiger partial charge in [0.2, 0.25) is 0 Å². The molecule has 118 valence electrons. The lowest BCUT2D eigenvalue weighted by Crippen LogP contribution is -2.33. The van der Waals surface area contributed by atoms with Gasteiger partial charge in [-0.25, -0.2) is 0 Å². The minimum absolute atomic E-state index is 0.0955. The van der Waals surface area contributed by atoms with Crippen molar-refractivity contribution in [2.45, 2.75) is 38.8 Å². The van der Waals surface area contributed by atoms with Gasteiger partial charge in [0.15, 0.2) is 0 Å². The van der Waals surface area contributed by atoms with Crippen LogP contribution in [0, 0.1) is 11.8 Å². The highest BCUT2D eigenvalue weighted by atomic mass is 16.5. The van der Waals surface area contributed by atoms with E-state index in [1.807, 2.05) is 19.1 Å². The van der Waals surface area contributed by atoms with Crippen LogP contribution < -0.4 is 5.32 Å². The monoisotopic (exact) mass is 293 g/mol. The van der Waals surface area contributed by atoms with Crippen LogP contribution in [0.4, 0.5) is 0 Å². The fourth-order valence-electron chi connectivity index (χ4n) is 2.60. The Bertz CT molecular complexity index is 416. The fraction of sp³-hybridized carbons (Fsp3) is 0.647. The number of hydrogen-bond donors (Lipinski definition) is 2. The molecule has 3 unspecified atom stereocenters. The van der Waals surface area contributed by atoms with Crippen molar-refractivity contribution in [3.8, 4) is 0 Å². The maximum atomic E-state index is 9.96. The first kappa shape index (κ1) is 16.3. The zero-order valence-corrected chi connectivity index (χ0v) is 13.0. The summed E-state index contributed by atoms with van der Waals surface area (Å²) in [6.45, 7) is 5.89. The van der Waals surface area contributed by atoms with Crippen LogP contribution in [0.25, 0.3) is 0 Å². The van der Waals surface area contributed by atoms with Crippen LogP contribution in [-0.2, 0) is 4.74 Å². The van der Waals surface area contributed by atoms with Gasteiger partial charge in [-0.15, -0.1) is 0 Å². The van der Waals surface area contributed by atoms with Crippen molar-refractivity contribution < 1.29 is 14.3 Å². The largest absolute Gasteiger partial charge is 0.468 e. The van der Waals surface area contributed by atoms with Gasteiger partial charge in [-0.05, 0) is 43.7 Å². The highest BCUT2D eigenvalue weighted by Crippen LogP contribution is 2.25. The third-order valence-electron chi connectivity index (χ3n) is 4.19. The predicted molar refractivity (Wildman–Crippen MR) is 83.0 cm³/mol. The van der Waals surface area contributed by atoms with Gasteiger partial charge in [0.25, 0.3) is 0 Å². The average molecular weight is 293 g/mol. The smallest absolute Gasteiger partial charge is 0.120 e. The van der Waals surface area contributed by atoms with Crippen molar-refractivity contribution in [3.05, 3.63) is 36.3 Å². The molecule has 4 heteroatoms. The Kier molecular flexibility index (Phi) is 6.49. The molecule has 4 atom stereocenters. The van der Waals surface area contributed by atoms with Crippen LogP contribution in [0.1, 0.15) is 38.5 Å². The lowest BCUT2D eigenvalue weighted by molar-refractivity contribution is 0.0118. The van der Waals surface area contributed by atoms with E-state index in [2.05, 4.69) is 24.4 Å². The first-order chi connectivity index (χ1) is 10.2. The van der Waals surface area contributed by atoms with Crippen LogP contribution in [0.15, 0.2) is 35.0 Å². The van der Waals surface area contributed by atoms with Gasteiger partial charge in [0, 0.05) is 6.54 Å². The van der Waals surface area contributed by atoms with E-state index in [0.717, 1.165) is 25.2 Å². The molecule has 1 heterocycles. The molecule has 0 bridgehead atoms. The maximum Gasteiger partial charge on any atom is 0.120 e. The number of furan rings is 1. The third-order valence-corrected chi connectivity index (χ3v) is 4.19. The fourth-order valence-corrected chi connectivity index (χ4v) is 2.60. The molecule has 1 aromatic heterocycles. The molecule has 0 radical (unpaired) electrons. The van der Waals surface area contributed by atoms with E-state index in [1.54, 1.807) is 6.26 Å². The van der Waals surface area contributed by atoms with Crippen LogP contribution in [-0.4, -0.2) is 31.0 Å². The summed E-state index contributed by atoms with van der Waals surface area (Å²) in [6, 6.07) is 3.89. The maximum absolute atomic E-state index is 9.96. The summed E-state index contributed by atoms with van der Waals surface area (Å²) in [6.07, 6.45) is 7.88. The Balaban J connectivity index is 1.59. The predicted octanol–water partition coefficient (Wildman–Crippen LogP) is 2.91. The normalized spacial score (nSPS) is 24.9. The van der Waals surface area contributed by atoms with Crippen LogP contribution >= 0.6 is 0 Å². The number of hydrogen-bond acceptors (Lipinski definition) is 4. The molecule has 2 N–H and O–H groups in total. The van der Waals surface area contributed by atoms with E-state index < -0.39 is 6.10 Å². The molecule has 0 fully saturated rings. The van der Waals surface area contributed by atoms with E-state index in [-0.39, 0.29) is 6.04 Å². The quantitative estimate of drug-likeness (QED) is 0.724. The van der Waals surface area contributed by atoms with E-state index in [9.17, 15) is 5.11 Å². The van der Waals surface area contributed by atoms with Crippen molar-refractivity contribution >= 4 is 0 Å². The number of rotatable bonds is 8. The number of ether oxygens (including phenoxy) is 1. The summed E-state index contributed by atoms with van der Waals surface area (Å²) in [4.78, 5) is 0. The zero-order chi connectivity index (χ0) is 15.1. The summed E-state index contributed by atoms with van der Waals surface area (Å²) in [5, 5.41) is 13.2. The van der Waals surface area contributed by atoms with Gasteiger partial charge in [-0.1, -0.05) is 19.1 Å². The molecular weight excluding hydrogens is 266 g/mol. The molecule has 1 aliphatic rings. The lowest BCUT2D eigenvalue weighted by atomic mass is 9.85. The van der Waals surface area contributed by atoms with E-state index >= 15 is 0 Å². The Morgan fingerprint density at radius 2 is 2.24 bits per heavy atom. The third kappa shape index (κ3) is 5.30. The minimum Gasteiger partial charge on any atom is -0.468 e. The molecule has 0 aromatic carbocycles. The van der Waals surface area contributed by atoms with Crippen LogP contribution in [0.3, 0.4) is 0 Å². The molecule has 4 nitrogen and oxygen atoms in total. The Labute approximate surface area is 127 Å². The molecule has 1 aliphatic carbocycles. The van der Waals surface area contributed by atoms with E-state index in [0.29, 0.717) is 25.0 Å². The summed E-state index contributed by atoms with van der Waals surface area (Å²) in [7, 11) is 0. The number of nitrogens with one attached hydrogen (secondary N) is 1. The minimum atomic E-state index is -0.489. The summed E-state index contributed by atoms with van der Waals surface area (Å²) in [5.74, 6) is 2.13. The second-order valence-corrected chi connectivity index (χ2v) is 6.02. The van der Waals surface area contributed by atoms with Crippen molar-refractivity contribution in [2.24, 2.45) is 11.8 Å². The first-order valence-corrected chi connectivity index (χ1v) is 7.84. The molecule has 2 rings (SSSR count). The van der Waals surface area contributed by atoms with Crippen molar-refractivity contribution in [3.63, 3.8) is 0 Å². The summed E-state index contributed by atoms with van der Waals surface area (Å²) >= 11 is 0. The number of aliphatic hydroxyl groups excluding tert-OH is 1. The van der Waals surface area contributed by atoms with E-state index in [4.69, 9.17) is 9.15 Å².